The standard InChI is InChI=1S/C37H36N.C33H28N.C27H24N.3Ir/c1-26-23-34(37(5,6)36(2,3)4)25-35(38-26)33-14-10-13-32(24-33)31-21-19-30(20-22-31)29-17-15-28(16-18-29)27-11-8-7-9-12-27;1-33(2,3)31-20-21-34-32(23-31)30-11-7-10-29(22-30)28-18-16-27(17-19-28)26-14-12-25(13-15-26)24-8-5-4-6-9-24;1-27(2,3)25-16-17-28-26(19-25)24-11-7-10-23(18-24)22-14-12-21(13-15-22)20-8-5-4-6-9-20;;;/h7-13,15-25H,1-6H3;4-10,12-23H,1-3H3;4-10,12-19H,1-3H3;;;/q3*-1;;;. The number of hydrogen-bond acceptors (Lipinski definition) is 3. The van der Waals surface area contributed by atoms with Crippen LogP contribution in [0.1, 0.15) is 98.5 Å². The second-order valence-corrected chi connectivity index (χ2v) is 29.6. The fourth-order valence-electron chi connectivity index (χ4n) is 12.2. The van der Waals surface area contributed by atoms with E-state index in [1.807, 2.05) is 42.7 Å². The summed E-state index contributed by atoms with van der Waals surface area (Å²) < 4.78 is 0. The van der Waals surface area contributed by atoms with E-state index in [0.29, 0.717) is 0 Å². The monoisotopic (exact) mass is 1870 g/mol. The van der Waals surface area contributed by atoms with Crippen LogP contribution in [0.2, 0.25) is 0 Å². The van der Waals surface area contributed by atoms with Gasteiger partial charge in [-0.05, 0) is 153 Å². The maximum atomic E-state index is 4.89. The van der Waals surface area contributed by atoms with Crippen molar-refractivity contribution in [1.29, 1.82) is 0 Å². The Morgan fingerprint density at radius 1 is 0.243 bits per heavy atom. The molecular weight excluding hydrogens is 1780 g/mol. The van der Waals surface area contributed by atoms with E-state index in [4.69, 9.17) is 4.98 Å². The van der Waals surface area contributed by atoms with Gasteiger partial charge in [-0.3, -0.25) is 0 Å². The Morgan fingerprint density at radius 3 is 0.748 bits per heavy atom. The first-order valence-corrected chi connectivity index (χ1v) is 34.8. The van der Waals surface area contributed by atoms with Gasteiger partial charge in [-0.1, -0.05) is 307 Å². The van der Waals surface area contributed by atoms with Gasteiger partial charge in [-0.2, -0.15) is 0 Å². The zero-order valence-corrected chi connectivity index (χ0v) is 68.0. The molecule has 0 aliphatic carbocycles. The third-order valence-corrected chi connectivity index (χ3v) is 19.4. The van der Waals surface area contributed by atoms with E-state index in [9.17, 15) is 0 Å². The molecule has 3 radical (unpaired) electrons. The van der Waals surface area contributed by atoms with Crippen LogP contribution < -0.4 is 0 Å². The second-order valence-electron chi connectivity index (χ2n) is 29.6. The third-order valence-electron chi connectivity index (χ3n) is 19.4. The van der Waals surface area contributed by atoms with Crippen LogP contribution in [0.3, 0.4) is 0 Å². The Kier molecular flexibility index (Phi) is 26.0. The molecule has 0 aliphatic rings. The smallest absolute Gasteiger partial charge is 0.0269 e. The van der Waals surface area contributed by atoms with Gasteiger partial charge >= 0.3 is 0 Å². The molecule has 14 aromatic rings. The van der Waals surface area contributed by atoms with Gasteiger partial charge in [0.2, 0.25) is 0 Å². The minimum Gasteiger partial charge on any atom is -0.305 e. The Hall–Kier alpha value is -9.18. The topological polar surface area (TPSA) is 38.7 Å². The van der Waals surface area contributed by atoms with Crippen LogP contribution in [0.5, 0.6) is 0 Å². The van der Waals surface area contributed by atoms with Gasteiger partial charge in [0.05, 0.1) is 0 Å². The molecule has 0 amide bonds. The van der Waals surface area contributed by atoms with Crippen molar-refractivity contribution in [1.82, 2.24) is 15.0 Å². The first-order chi connectivity index (χ1) is 48.1. The first kappa shape index (κ1) is 78.0. The Labute approximate surface area is 653 Å². The zero-order chi connectivity index (χ0) is 70.0. The maximum absolute atomic E-state index is 4.89. The molecule has 0 spiro atoms. The summed E-state index contributed by atoms with van der Waals surface area (Å²) >= 11 is 0. The predicted octanol–water partition coefficient (Wildman–Crippen LogP) is 26.2. The first-order valence-electron chi connectivity index (χ1n) is 34.8. The largest absolute Gasteiger partial charge is 0.305 e. The molecule has 11 aromatic carbocycles. The summed E-state index contributed by atoms with van der Waals surface area (Å²) in [5, 5.41) is 0. The maximum Gasteiger partial charge on any atom is 0.0269 e. The normalized spacial score (nSPS) is 11.3. The number of aromatic nitrogens is 3. The van der Waals surface area contributed by atoms with Gasteiger partial charge < -0.3 is 15.0 Å². The Bertz CT molecular complexity index is 5030. The van der Waals surface area contributed by atoms with Crippen molar-refractivity contribution in [2.24, 2.45) is 5.41 Å². The molecule has 0 bridgehead atoms. The van der Waals surface area contributed by atoms with E-state index in [1.165, 1.54) is 106 Å². The van der Waals surface area contributed by atoms with Gasteiger partial charge in [-0.25, -0.2) is 0 Å². The quantitative estimate of drug-likeness (QED) is 0.114. The summed E-state index contributed by atoms with van der Waals surface area (Å²) in [6, 6.07) is 117. The van der Waals surface area contributed by atoms with E-state index < -0.39 is 0 Å². The molecule has 14 rings (SSSR count). The molecule has 6 heteroatoms. The molecule has 0 saturated heterocycles. The number of nitrogens with zero attached hydrogens (tertiary/aromatic N) is 3. The van der Waals surface area contributed by atoms with Crippen LogP contribution >= 0.6 is 0 Å². The fraction of sp³-hybridized carbons (Fsp3) is 0.165. The molecule has 103 heavy (non-hydrogen) atoms. The zero-order valence-electron chi connectivity index (χ0n) is 60.9. The molecule has 521 valence electrons. The summed E-state index contributed by atoms with van der Waals surface area (Å²) in [5.74, 6) is 0. The number of pyridine rings is 3. The van der Waals surface area contributed by atoms with E-state index >= 15 is 0 Å². The molecule has 3 nitrogen and oxygen atoms in total. The summed E-state index contributed by atoms with van der Waals surface area (Å²) in [4.78, 5) is 14.1. The van der Waals surface area contributed by atoms with Crippen LogP contribution in [0.25, 0.3) is 123 Å². The van der Waals surface area contributed by atoms with Crippen LogP contribution in [-0.4, -0.2) is 15.0 Å². The van der Waals surface area contributed by atoms with Crippen LogP contribution in [-0.2, 0) is 76.6 Å². The molecule has 0 unspecified atom stereocenters. The number of hydrogen-bond donors (Lipinski definition) is 0. The Morgan fingerprint density at radius 2 is 0.485 bits per heavy atom. The van der Waals surface area contributed by atoms with Gasteiger partial charge in [0.25, 0.3) is 0 Å². The van der Waals surface area contributed by atoms with E-state index in [0.717, 1.165) is 39.5 Å². The van der Waals surface area contributed by atoms with Gasteiger partial charge in [0, 0.05) is 78.4 Å². The Balaban J connectivity index is 0.000000179. The van der Waals surface area contributed by atoms with Crippen molar-refractivity contribution < 1.29 is 60.3 Å². The summed E-state index contributed by atoms with van der Waals surface area (Å²) in [5.41, 5.74) is 30.6. The third kappa shape index (κ3) is 19.6. The van der Waals surface area contributed by atoms with Crippen molar-refractivity contribution in [2.75, 3.05) is 0 Å². The molecule has 0 atom stereocenters. The van der Waals surface area contributed by atoms with Crippen LogP contribution in [0.15, 0.2) is 316 Å². The number of benzene rings is 11. The van der Waals surface area contributed by atoms with E-state index in [1.54, 1.807) is 0 Å². The molecule has 0 N–H and O–H groups in total. The van der Waals surface area contributed by atoms with Gasteiger partial charge in [0.15, 0.2) is 0 Å². The van der Waals surface area contributed by atoms with Gasteiger partial charge in [0.1, 0.15) is 0 Å². The van der Waals surface area contributed by atoms with E-state index in [2.05, 4.69) is 384 Å². The molecule has 3 aromatic heterocycles. The summed E-state index contributed by atoms with van der Waals surface area (Å²) in [6.07, 6.45) is 3.79. The molecule has 0 aliphatic heterocycles. The molecule has 0 saturated carbocycles. The van der Waals surface area contributed by atoms with Crippen LogP contribution in [0, 0.1) is 30.5 Å². The van der Waals surface area contributed by atoms with Crippen molar-refractivity contribution in [2.45, 2.75) is 99.3 Å². The number of aryl methyl sites for hydroxylation is 1. The second kappa shape index (κ2) is 34.4. The molecule has 3 heterocycles. The van der Waals surface area contributed by atoms with Crippen LogP contribution in [0.4, 0.5) is 0 Å². The minimum atomic E-state index is 0. The van der Waals surface area contributed by atoms with Crippen molar-refractivity contribution in [3.63, 3.8) is 0 Å². The average Bonchev–Trinajstić information content (AvgIpc) is 0.723. The summed E-state index contributed by atoms with van der Waals surface area (Å²) in [6.45, 7) is 27.0. The molecule has 0 fully saturated rings. The fourth-order valence-corrected chi connectivity index (χ4v) is 12.2. The van der Waals surface area contributed by atoms with Crippen molar-refractivity contribution in [3.05, 3.63) is 356 Å². The molecular formula is C97H88Ir3N3-3. The van der Waals surface area contributed by atoms with Crippen molar-refractivity contribution >= 4 is 0 Å². The predicted molar refractivity (Wildman–Crippen MR) is 424 cm³/mol. The summed E-state index contributed by atoms with van der Waals surface area (Å²) in [7, 11) is 0. The average molecular weight is 1870 g/mol. The van der Waals surface area contributed by atoms with Crippen molar-refractivity contribution in [3.8, 4) is 123 Å². The number of rotatable bonds is 12. The van der Waals surface area contributed by atoms with E-state index in [-0.39, 0.29) is 82.0 Å². The SMILES string of the molecule is CC(C)(C)c1ccnc(-c2[c-]ccc(-c3ccc(-c4ccc(-c5ccccc5)cc4)cc3)c2)c1.CC(C)(C)c1ccnc(-c2[c-]ccc(-c3ccc(-c4ccccc4)cc3)c2)c1.Cc1cc(C(C)(C)C(C)(C)C)cc(-c2[c-]ccc(-c3ccc(-c4ccc(-c5ccccc5)cc4)cc3)c2)n1.[Ir].[Ir].[Ir]. The minimum absolute atomic E-state index is 0. The van der Waals surface area contributed by atoms with Gasteiger partial charge in [-0.15, -0.1) is 106 Å².